The summed E-state index contributed by atoms with van der Waals surface area (Å²) in [5.74, 6) is 0. The zero-order valence-electron chi connectivity index (χ0n) is 10.7. The van der Waals surface area contributed by atoms with Crippen molar-refractivity contribution in [1.29, 1.82) is 0 Å². The minimum absolute atomic E-state index is 0.158. The number of hydrogen-bond donors (Lipinski definition) is 3. The van der Waals surface area contributed by atoms with Gasteiger partial charge in [0, 0.05) is 10.7 Å². The van der Waals surface area contributed by atoms with Crippen molar-refractivity contribution in [3.05, 3.63) is 29.3 Å². The van der Waals surface area contributed by atoms with Crippen LogP contribution < -0.4 is 10.6 Å². The summed E-state index contributed by atoms with van der Waals surface area (Å²) in [5, 5.41) is 16.1. The Morgan fingerprint density at radius 3 is 2.58 bits per heavy atom. The van der Waals surface area contributed by atoms with E-state index in [1.165, 1.54) is 0 Å². The van der Waals surface area contributed by atoms with Crippen LogP contribution in [0.2, 0.25) is 5.02 Å². The highest BCUT2D eigenvalue weighted by Crippen LogP contribution is 2.18. The smallest absolute Gasteiger partial charge is 0.319 e. The summed E-state index contributed by atoms with van der Waals surface area (Å²) in [5.41, 5.74) is 0.685. The van der Waals surface area contributed by atoms with Crippen molar-refractivity contribution < 1.29 is 9.90 Å². The van der Waals surface area contributed by atoms with Crippen LogP contribution in [0.1, 0.15) is 32.1 Å². The third-order valence-electron chi connectivity index (χ3n) is 3.40. The topological polar surface area (TPSA) is 61.4 Å². The summed E-state index contributed by atoms with van der Waals surface area (Å²) in [6.07, 6.45) is 4.33. The number of hydrogen-bond acceptors (Lipinski definition) is 2. The van der Waals surface area contributed by atoms with Gasteiger partial charge in [0.15, 0.2) is 0 Å². The van der Waals surface area contributed by atoms with Crippen LogP contribution in [0, 0.1) is 0 Å². The van der Waals surface area contributed by atoms with Crippen LogP contribution in [0.3, 0.4) is 0 Å². The lowest BCUT2D eigenvalue weighted by molar-refractivity contribution is 0.124. The first-order valence-electron chi connectivity index (χ1n) is 6.66. The van der Waals surface area contributed by atoms with Gasteiger partial charge in [0.2, 0.25) is 0 Å². The Kier molecular flexibility index (Phi) is 5.05. The van der Waals surface area contributed by atoms with Crippen molar-refractivity contribution >= 4 is 23.3 Å². The number of benzene rings is 1. The van der Waals surface area contributed by atoms with Gasteiger partial charge in [-0.05, 0) is 37.1 Å². The maximum Gasteiger partial charge on any atom is 0.319 e. The Balaban J connectivity index is 1.87. The van der Waals surface area contributed by atoms with Gasteiger partial charge in [-0.3, -0.25) is 0 Å². The molecule has 1 aliphatic carbocycles. The first-order valence-corrected chi connectivity index (χ1v) is 7.04. The van der Waals surface area contributed by atoms with Gasteiger partial charge < -0.3 is 15.7 Å². The monoisotopic (exact) mass is 282 g/mol. The van der Waals surface area contributed by atoms with E-state index in [1.54, 1.807) is 24.3 Å². The number of aliphatic hydroxyl groups is 1. The van der Waals surface area contributed by atoms with Crippen molar-refractivity contribution in [2.24, 2.45) is 0 Å². The lowest BCUT2D eigenvalue weighted by Crippen LogP contribution is -2.44. The highest BCUT2D eigenvalue weighted by atomic mass is 35.5. The van der Waals surface area contributed by atoms with Crippen LogP contribution >= 0.6 is 11.6 Å². The molecule has 0 saturated heterocycles. The van der Waals surface area contributed by atoms with Crippen LogP contribution in [0.5, 0.6) is 0 Å². The van der Waals surface area contributed by atoms with Gasteiger partial charge in [0.05, 0.1) is 12.1 Å². The predicted octanol–water partition coefficient (Wildman–Crippen LogP) is 3.16. The van der Waals surface area contributed by atoms with Gasteiger partial charge in [0.1, 0.15) is 0 Å². The predicted molar refractivity (Wildman–Crippen MR) is 76.5 cm³/mol. The largest absolute Gasteiger partial charge is 0.391 e. The quantitative estimate of drug-likeness (QED) is 0.730. The number of carbonyl (C=O) groups is 1. The van der Waals surface area contributed by atoms with Gasteiger partial charge in [0.25, 0.3) is 0 Å². The normalized spacial score (nSPS) is 23.5. The minimum atomic E-state index is -0.446. The molecule has 104 valence electrons. The number of amides is 2. The standard InChI is InChI=1S/C14H19ClN2O2/c15-10-6-8-11(9-7-10)16-14(19)17-12-4-2-1-3-5-13(12)18/h6-9,12-13,18H,1-5H2,(H2,16,17,19). The fraction of sp³-hybridized carbons (Fsp3) is 0.500. The number of urea groups is 1. The van der Waals surface area contributed by atoms with E-state index in [9.17, 15) is 9.90 Å². The Morgan fingerprint density at radius 2 is 1.84 bits per heavy atom. The minimum Gasteiger partial charge on any atom is -0.391 e. The molecule has 0 radical (unpaired) electrons. The third-order valence-corrected chi connectivity index (χ3v) is 3.65. The molecular formula is C14H19ClN2O2. The zero-order valence-corrected chi connectivity index (χ0v) is 11.5. The highest BCUT2D eigenvalue weighted by molar-refractivity contribution is 6.30. The van der Waals surface area contributed by atoms with Crippen molar-refractivity contribution in [1.82, 2.24) is 5.32 Å². The molecule has 19 heavy (non-hydrogen) atoms. The molecule has 1 saturated carbocycles. The maximum atomic E-state index is 11.9. The summed E-state index contributed by atoms with van der Waals surface area (Å²) in [4.78, 5) is 11.9. The molecular weight excluding hydrogens is 264 g/mol. The second-order valence-electron chi connectivity index (χ2n) is 4.92. The molecule has 0 aromatic heterocycles. The molecule has 5 heteroatoms. The molecule has 2 amide bonds. The number of carbonyl (C=O) groups excluding carboxylic acids is 1. The summed E-state index contributed by atoms with van der Waals surface area (Å²) in [6.45, 7) is 0. The Morgan fingerprint density at radius 1 is 1.16 bits per heavy atom. The highest BCUT2D eigenvalue weighted by Gasteiger charge is 2.22. The molecule has 2 unspecified atom stereocenters. The molecule has 0 bridgehead atoms. The molecule has 0 heterocycles. The van der Waals surface area contributed by atoms with Crippen LogP contribution in [-0.4, -0.2) is 23.3 Å². The SMILES string of the molecule is O=C(Nc1ccc(Cl)cc1)NC1CCCCCC1O. The van der Waals surface area contributed by atoms with E-state index >= 15 is 0 Å². The second kappa shape index (κ2) is 6.78. The molecule has 1 aromatic carbocycles. The Bertz CT molecular complexity index is 422. The molecule has 0 spiro atoms. The van der Waals surface area contributed by atoms with Gasteiger partial charge >= 0.3 is 6.03 Å². The van der Waals surface area contributed by atoms with Crippen LogP contribution in [0.15, 0.2) is 24.3 Å². The summed E-state index contributed by atoms with van der Waals surface area (Å²) in [6, 6.07) is 6.48. The van der Waals surface area contributed by atoms with Gasteiger partial charge in [-0.15, -0.1) is 0 Å². The zero-order chi connectivity index (χ0) is 13.7. The van der Waals surface area contributed by atoms with E-state index in [4.69, 9.17) is 11.6 Å². The van der Waals surface area contributed by atoms with E-state index in [0.717, 1.165) is 32.1 Å². The summed E-state index contributed by atoms with van der Waals surface area (Å²) >= 11 is 5.78. The molecule has 4 nitrogen and oxygen atoms in total. The fourth-order valence-corrected chi connectivity index (χ4v) is 2.45. The molecule has 1 aromatic rings. The maximum absolute atomic E-state index is 11.9. The third kappa shape index (κ3) is 4.40. The van der Waals surface area contributed by atoms with E-state index in [0.29, 0.717) is 10.7 Å². The Labute approximate surface area is 118 Å². The van der Waals surface area contributed by atoms with Gasteiger partial charge in [-0.25, -0.2) is 4.79 Å². The average molecular weight is 283 g/mol. The molecule has 0 aliphatic heterocycles. The van der Waals surface area contributed by atoms with Crippen molar-refractivity contribution in [3.8, 4) is 0 Å². The lowest BCUT2D eigenvalue weighted by atomic mass is 10.1. The fourth-order valence-electron chi connectivity index (χ4n) is 2.33. The number of nitrogens with one attached hydrogen (secondary N) is 2. The van der Waals surface area contributed by atoms with Crippen LogP contribution in [0.25, 0.3) is 0 Å². The summed E-state index contributed by atoms with van der Waals surface area (Å²) in [7, 11) is 0. The van der Waals surface area contributed by atoms with E-state index < -0.39 is 6.10 Å². The Hall–Kier alpha value is -1.26. The van der Waals surface area contributed by atoms with Gasteiger partial charge in [-0.1, -0.05) is 30.9 Å². The van der Waals surface area contributed by atoms with Crippen molar-refractivity contribution in [2.45, 2.75) is 44.2 Å². The number of halogens is 1. The second-order valence-corrected chi connectivity index (χ2v) is 5.35. The first kappa shape index (κ1) is 14.2. The van der Waals surface area contributed by atoms with Crippen molar-refractivity contribution in [3.63, 3.8) is 0 Å². The van der Waals surface area contributed by atoms with Gasteiger partial charge in [-0.2, -0.15) is 0 Å². The number of anilines is 1. The average Bonchev–Trinajstić information content (AvgIpc) is 2.58. The number of rotatable bonds is 2. The molecule has 2 atom stereocenters. The van der Waals surface area contributed by atoms with Crippen LogP contribution in [-0.2, 0) is 0 Å². The molecule has 1 fully saturated rings. The summed E-state index contributed by atoms with van der Waals surface area (Å²) < 4.78 is 0. The van der Waals surface area contributed by atoms with E-state index in [-0.39, 0.29) is 12.1 Å². The molecule has 1 aliphatic rings. The lowest BCUT2D eigenvalue weighted by Gasteiger charge is -2.21. The van der Waals surface area contributed by atoms with Crippen molar-refractivity contribution in [2.75, 3.05) is 5.32 Å². The first-order chi connectivity index (χ1) is 9.15. The number of aliphatic hydroxyl groups excluding tert-OH is 1. The molecule has 2 rings (SSSR count). The molecule has 3 N–H and O–H groups in total. The van der Waals surface area contributed by atoms with E-state index in [2.05, 4.69) is 10.6 Å². The van der Waals surface area contributed by atoms with Crippen LogP contribution in [0.4, 0.5) is 10.5 Å². The van der Waals surface area contributed by atoms with E-state index in [1.807, 2.05) is 0 Å².